The highest BCUT2D eigenvalue weighted by Crippen LogP contribution is 2.42. The van der Waals surface area contributed by atoms with Crippen molar-refractivity contribution in [3.05, 3.63) is 81.9 Å². The van der Waals surface area contributed by atoms with Gasteiger partial charge < -0.3 is 5.21 Å². The van der Waals surface area contributed by atoms with Crippen LogP contribution < -0.4 is 0 Å². The van der Waals surface area contributed by atoms with E-state index in [0.29, 0.717) is 12.2 Å². The summed E-state index contributed by atoms with van der Waals surface area (Å²) in [5, 5.41) is 13.6. The minimum atomic E-state index is -1.50. The molecule has 3 rings (SSSR count). The predicted molar refractivity (Wildman–Crippen MR) is 122 cm³/mol. The number of hydrogen-bond acceptors (Lipinski definition) is 4. The van der Waals surface area contributed by atoms with E-state index < -0.39 is 10.5 Å². The van der Waals surface area contributed by atoms with Crippen molar-refractivity contribution in [2.75, 3.05) is 13.1 Å². The first-order valence-electron chi connectivity index (χ1n) is 11.2. The molecule has 2 aromatic carbocycles. The Morgan fingerprint density at radius 2 is 1.45 bits per heavy atom. The number of carbonyl (C=O) groups is 1. The lowest BCUT2D eigenvalue weighted by Gasteiger charge is -2.47. The van der Waals surface area contributed by atoms with Gasteiger partial charge in [-0.1, -0.05) is 80.9 Å². The molecule has 0 bridgehead atoms. The van der Waals surface area contributed by atoms with E-state index in [9.17, 15) is 4.79 Å². The van der Waals surface area contributed by atoms with Crippen molar-refractivity contribution in [2.45, 2.75) is 63.8 Å². The Morgan fingerprint density at radius 3 is 1.84 bits per heavy atom. The Bertz CT molecular complexity index is 761. The molecule has 1 aliphatic heterocycles. The Balaban J connectivity index is 0.000000785. The molecule has 31 heavy (non-hydrogen) atoms. The van der Waals surface area contributed by atoms with E-state index in [2.05, 4.69) is 67.3 Å². The van der Waals surface area contributed by atoms with Crippen molar-refractivity contribution in [3.63, 3.8) is 0 Å². The van der Waals surface area contributed by atoms with Gasteiger partial charge in [0.15, 0.2) is 0 Å². The van der Waals surface area contributed by atoms with E-state index in [0.717, 1.165) is 37.1 Å². The van der Waals surface area contributed by atoms with Gasteiger partial charge in [-0.15, -0.1) is 10.1 Å². The SMILES string of the molecule is CCCC(=O)C(c1ccccc1)(c1ccccc1)C(CC)N1CCCCC1.O=[N+]([O-])O. The fourth-order valence-corrected chi connectivity index (χ4v) is 4.95. The zero-order valence-corrected chi connectivity index (χ0v) is 18.6. The number of nitrogens with zero attached hydrogens (tertiary/aromatic N) is 2. The molecule has 0 amide bonds. The molecule has 1 fully saturated rings. The number of hydrogen-bond donors (Lipinski definition) is 1. The topological polar surface area (TPSA) is 83.7 Å². The quantitative estimate of drug-likeness (QED) is 0.460. The average molecular weight is 427 g/mol. The molecule has 6 nitrogen and oxygen atoms in total. The third kappa shape index (κ3) is 5.91. The van der Waals surface area contributed by atoms with Gasteiger partial charge >= 0.3 is 0 Å². The fraction of sp³-hybridized carbons (Fsp3) is 0.480. The van der Waals surface area contributed by atoms with Crippen LogP contribution in [0, 0.1) is 10.1 Å². The number of benzene rings is 2. The average Bonchev–Trinajstić information content (AvgIpc) is 2.79. The molecule has 2 aromatic rings. The third-order valence-corrected chi connectivity index (χ3v) is 6.09. The second kappa shape index (κ2) is 12.2. The molecule has 0 aliphatic carbocycles. The van der Waals surface area contributed by atoms with Crippen LogP contribution in [0.2, 0.25) is 0 Å². The van der Waals surface area contributed by atoms with E-state index >= 15 is 0 Å². The van der Waals surface area contributed by atoms with Gasteiger partial charge in [0, 0.05) is 12.5 Å². The molecule has 0 spiro atoms. The first-order chi connectivity index (χ1) is 15.0. The third-order valence-electron chi connectivity index (χ3n) is 6.09. The predicted octanol–water partition coefficient (Wildman–Crippen LogP) is 5.26. The first-order valence-corrected chi connectivity index (χ1v) is 11.2. The number of ketones is 1. The van der Waals surface area contributed by atoms with Crippen molar-refractivity contribution in [1.29, 1.82) is 0 Å². The molecule has 1 saturated heterocycles. The monoisotopic (exact) mass is 426 g/mol. The number of rotatable bonds is 8. The Morgan fingerprint density at radius 1 is 1.00 bits per heavy atom. The summed E-state index contributed by atoms with van der Waals surface area (Å²) in [7, 11) is 0. The Kier molecular flexibility index (Phi) is 9.66. The normalized spacial score (nSPS) is 15.4. The molecule has 1 N–H and O–H groups in total. The summed E-state index contributed by atoms with van der Waals surface area (Å²) in [6.07, 6.45) is 6.25. The highest BCUT2D eigenvalue weighted by atomic mass is 16.9. The van der Waals surface area contributed by atoms with Crippen molar-refractivity contribution >= 4 is 5.78 Å². The van der Waals surface area contributed by atoms with Crippen LogP contribution in [0.1, 0.15) is 63.5 Å². The molecule has 0 radical (unpaired) electrons. The standard InChI is InChI=1S/C25H33NO.HNO3/c1-3-14-24(27)25(21-15-8-5-9-16-21,22-17-10-6-11-18-22)23(4-2)26-19-12-7-13-20-26;2-1(3)4/h5-6,8-11,15-18,23H,3-4,7,12-14,19-20H2,1-2H3;(H,2,3,4). The summed E-state index contributed by atoms with van der Waals surface area (Å²) in [5.74, 6) is 0.361. The van der Waals surface area contributed by atoms with Gasteiger partial charge in [0.1, 0.15) is 5.78 Å². The van der Waals surface area contributed by atoms with Gasteiger partial charge in [0.05, 0.1) is 5.41 Å². The van der Waals surface area contributed by atoms with E-state index in [1.165, 1.54) is 19.3 Å². The van der Waals surface area contributed by atoms with E-state index in [1.54, 1.807) is 0 Å². The summed E-state index contributed by atoms with van der Waals surface area (Å²) in [6, 6.07) is 21.2. The summed E-state index contributed by atoms with van der Waals surface area (Å²) in [4.78, 5) is 24.8. The highest BCUT2D eigenvalue weighted by molar-refractivity contribution is 5.95. The number of Topliss-reactive ketones (excluding diaryl/α,β-unsaturated/α-hetero) is 1. The lowest BCUT2D eigenvalue weighted by molar-refractivity contribution is -0.742. The fourth-order valence-electron chi connectivity index (χ4n) is 4.95. The lowest BCUT2D eigenvalue weighted by Crippen LogP contribution is -2.56. The molecular formula is C25H34N2O4. The van der Waals surface area contributed by atoms with Crippen molar-refractivity contribution in [3.8, 4) is 0 Å². The molecule has 0 aromatic heterocycles. The molecule has 6 heteroatoms. The smallest absolute Gasteiger partial charge is 0.291 e. The van der Waals surface area contributed by atoms with Gasteiger partial charge in [-0.25, -0.2) is 0 Å². The summed E-state index contributed by atoms with van der Waals surface area (Å²) >= 11 is 0. The van der Waals surface area contributed by atoms with Crippen LogP contribution in [0.3, 0.4) is 0 Å². The van der Waals surface area contributed by atoms with Gasteiger partial charge in [0.2, 0.25) is 0 Å². The number of piperidine rings is 1. The maximum Gasteiger partial charge on any atom is 0.291 e. The Labute approximate surface area is 185 Å². The molecule has 168 valence electrons. The molecule has 1 aliphatic rings. The van der Waals surface area contributed by atoms with Crippen LogP contribution >= 0.6 is 0 Å². The van der Waals surface area contributed by atoms with E-state index in [4.69, 9.17) is 15.3 Å². The van der Waals surface area contributed by atoms with Gasteiger partial charge in [0.25, 0.3) is 5.09 Å². The van der Waals surface area contributed by atoms with Crippen LogP contribution in [0.4, 0.5) is 0 Å². The lowest BCUT2D eigenvalue weighted by atomic mass is 9.64. The molecule has 1 unspecified atom stereocenters. The molecular weight excluding hydrogens is 392 g/mol. The zero-order valence-electron chi connectivity index (χ0n) is 18.6. The largest absolute Gasteiger partial charge is 0.328 e. The number of likely N-dealkylation sites (tertiary alicyclic amines) is 1. The van der Waals surface area contributed by atoms with Gasteiger partial charge in [-0.2, -0.15) is 0 Å². The van der Waals surface area contributed by atoms with Crippen LogP contribution in [0.15, 0.2) is 60.7 Å². The maximum atomic E-state index is 13.9. The summed E-state index contributed by atoms with van der Waals surface area (Å²) in [5.41, 5.74) is 1.70. The van der Waals surface area contributed by atoms with E-state index in [-0.39, 0.29) is 6.04 Å². The Hall–Kier alpha value is -2.73. The van der Waals surface area contributed by atoms with Crippen LogP contribution in [-0.2, 0) is 10.2 Å². The van der Waals surface area contributed by atoms with E-state index in [1.807, 2.05) is 12.1 Å². The van der Waals surface area contributed by atoms with Crippen LogP contribution in [0.5, 0.6) is 0 Å². The number of carbonyl (C=O) groups excluding carboxylic acids is 1. The van der Waals surface area contributed by atoms with Crippen molar-refractivity contribution < 1.29 is 15.1 Å². The van der Waals surface area contributed by atoms with Crippen LogP contribution in [-0.4, -0.2) is 40.1 Å². The molecule has 1 heterocycles. The summed E-state index contributed by atoms with van der Waals surface area (Å²) in [6.45, 7) is 6.55. The second-order valence-corrected chi connectivity index (χ2v) is 7.97. The molecule has 0 saturated carbocycles. The highest BCUT2D eigenvalue weighted by Gasteiger charge is 2.49. The van der Waals surface area contributed by atoms with Crippen molar-refractivity contribution in [1.82, 2.24) is 4.90 Å². The van der Waals surface area contributed by atoms with Gasteiger partial charge in [-0.3, -0.25) is 9.69 Å². The van der Waals surface area contributed by atoms with Gasteiger partial charge in [-0.05, 0) is 49.9 Å². The molecule has 1 atom stereocenters. The van der Waals surface area contributed by atoms with Crippen LogP contribution in [0.25, 0.3) is 0 Å². The minimum absolute atomic E-state index is 0.196. The van der Waals surface area contributed by atoms with Crippen molar-refractivity contribution in [2.24, 2.45) is 0 Å². The minimum Gasteiger partial charge on any atom is -0.328 e. The maximum absolute atomic E-state index is 13.9. The zero-order chi connectivity index (χ0) is 22.7. The second-order valence-electron chi connectivity index (χ2n) is 7.97. The first kappa shape index (κ1) is 24.5. The summed E-state index contributed by atoms with van der Waals surface area (Å²) < 4.78 is 0.